The van der Waals surface area contributed by atoms with Gasteiger partial charge in [-0.25, -0.2) is 0 Å². The topological polar surface area (TPSA) is 70.2 Å². The van der Waals surface area contributed by atoms with Crippen LogP contribution in [0.4, 0.5) is 5.69 Å². The molecule has 1 atom stereocenters. The van der Waals surface area contributed by atoms with Gasteiger partial charge >= 0.3 is 0 Å². The third-order valence-corrected chi connectivity index (χ3v) is 3.17. The van der Waals surface area contributed by atoms with Crippen LogP contribution in [-0.2, 0) is 16.1 Å². The molecule has 1 aromatic carbocycles. The summed E-state index contributed by atoms with van der Waals surface area (Å²) < 4.78 is 0. The monoisotopic (exact) mass is 261 g/mol. The van der Waals surface area contributed by atoms with E-state index in [0.29, 0.717) is 25.6 Å². The number of hydrogen-bond acceptors (Lipinski definition) is 3. The number of anilines is 1. The van der Waals surface area contributed by atoms with Crippen LogP contribution >= 0.6 is 0 Å². The molecule has 2 rings (SSSR count). The van der Waals surface area contributed by atoms with Crippen molar-refractivity contribution >= 4 is 17.5 Å². The first-order chi connectivity index (χ1) is 9.15. The van der Waals surface area contributed by atoms with Crippen molar-refractivity contribution in [2.45, 2.75) is 32.4 Å². The maximum absolute atomic E-state index is 11.1. The highest BCUT2D eigenvalue weighted by Crippen LogP contribution is 2.15. The van der Waals surface area contributed by atoms with Crippen LogP contribution in [0.25, 0.3) is 0 Å². The van der Waals surface area contributed by atoms with Crippen molar-refractivity contribution in [2.24, 2.45) is 0 Å². The van der Waals surface area contributed by atoms with E-state index in [4.69, 9.17) is 0 Å². The van der Waals surface area contributed by atoms with Crippen molar-refractivity contribution in [3.63, 3.8) is 0 Å². The lowest BCUT2D eigenvalue weighted by Crippen LogP contribution is -2.45. The average Bonchev–Trinajstić information content (AvgIpc) is 2.39. The van der Waals surface area contributed by atoms with Gasteiger partial charge < -0.3 is 16.0 Å². The molecule has 0 aliphatic carbocycles. The molecule has 5 heteroatoms. The molecule has 1 aromatic rings. The van der Waals surface area contributed by atoms with Gasteiger partial charge in [-0.15, -0.1) is 0 Å². The van der Waals surface area contributed by atoms with Gasteiger partial charge in [0.05, 0.1) is 0 Å². The zero-order chi connectivity index (χ0) is 13.7. The van der Waals surface area contributed by atoms with Gasteiger partial charge in [0.1, 0.15) is 0 Å². The zero-order valence-electron chi connectivity index (χ0n) is 11.0. The van der Waals surface area contributed by atoms with E-state index in [1.165, 1.54) is 6.92 Å². The van der Waals surface area contributed by atoms with Crippen molar-refractivity contribution in [1.29, 1.82) is 0 Å². The summed E-state index contributed by atoms with van der Waals surface area (Å²) in [5.41, 5.74) is 1.89. The van der Waals surface area contributed by atoms with E-state index in [9.17, 15) is 9.59 Å². The minimum atomic E-state index is -0.0719. The highest BCUT2D eigenvalue weighted by molar-refractivity contribution is 5.89. The lowest BCUT2D eigenvalue weighted by atomic mass is 10.1. The van der Waals surface area contributed by atoms with Crippen molar-refractivity contribution in [3.8, 4) is 0 Å². The number of amides is 2. The Bertz CT molecular complexity index is 464. The molecule has 19 heavy (non-hydrogen) atoms. The standard InChI is InChI=1S/C14H19N3O2/c1-10(18)17-13-5-3-2-4-11(13)8-15-12-6-7-14(19)16-9-12/h2-5,12,15H,6-9H2,1H3,(H,16,19)(H,17,18). The van der Waals surface area contributed by atoms with E-state index in [0.717, 1.165) is 17.7 Å². The van der Waals surface area contributed by atoms with Crippen LogP contribution in [0.1, 0.15) is 25.3 Å². The van der Waals surface area contributed by atoms with Gasteiger partial charge in [0, 0.05) is 38.2 Å². The molecule has 0 spiro atoms. The summed E-state index contributed by atoms with van der Waals surface area (Å²) in [4.78, 5) is 22.2. The van der Waals surface area contributed by atoms with Gasteiger partial charge in [0.15, 0.2) is 0 Å². The zero-order valence-corrected chi connectivity index (χ0v) is 11.0. The van der Waals surface area contributed by atoms with Crippen LogP contribution in [0.5, 0.6) is 0 Å². The number of benzene rings is 1. The van der Waals surface area contributed by atoms with E-state index in [-0.39, 0.29) is 11.8 Å². The fraction of sp³-hybridized carbons (Fsp3) is 0.429. The summed E-state index contributed by atoms with van der Waals surface area (Å²) in [7, 11) is 0. The van der Waals surface area contributed by atoms with E-state index in [1.54, 1.807) is 0 Å². The summed E-state index contributed by atoms with van der Waals surface area (Å²) in [6.07, 6.45) is 1.43. The van der Waals surface area contributed by atoms with E-state index in [2.05, 4.69) is 16.0 Å². The fourth-order valence-electron chi connectivity index (χ4n) is 2.15. The number of hydrogen-bond donors (Lipinski definition) is 3. The van der Waals surface area contributed by atoms with Gasteiger partial charge in [0.2, 0.25) is 11.8 Å². The molecule has 0 radical (unpaired) electrons. The number of carbonyl (C=O) groups excluding carboxylic acids is 2. The Morgan fingerprint density at radius 1 is 1.42 bits per heavy atom. The first kappa shape index (κ1) is 13.5. The van der Waals surface area contributed by atoms with Gasteiger partial charge in [-0.3, -0.25) is 9.59 Å². The van der Waals surface area contributed by atoms with Crippen LogP contribution < -0.4 is 16.0 Å². The molecule has 1 aliphatic rings. The maximum Gasteiger partial charge on any atom is 0.221 e. The third kappa shape index (κ3) is 4.06. The lowest BCUT2D eigenvalue weighted by Gasteiger charge is -2.24. The fourth-order valence-corrected chi connectivity index (χ4v) is 2.15. The molecule has 102 valence electrons. The Morgan fingerprint density at radius 2 is 2.21 bits per heavy atom. The molecular weight excluding hydrogens is 242 g/mol. The van der Waals surface area contributed by atoms with Gasteiger partial charge in [-0.1, -0.05) is 18.2 Å². The van der Waals surface area contributed by atoms with Crippen LogP contribution in [0.2, 0.25) is 0 Å². The first-order valence-electron chi connectivity index (χ1n) is 6.50. The smallest absolute Gasteiger partial charge is 0.221 e. The Hall–Kier alpha value is -1.88. The second-order valence-electron chi connectivity index (χ2n) is 4.76. The summed E-state index contributed by atoms with van der Waals surface area (Å²) >= 11 is 0. The number of rotatable bonds is 4. The second kappa shape index (κ2) is 6.33. The summed E-state index contributed by atoms with van der Waals surface area (Å²) in [6, 6.07) is 8.02. The molecule has 1 aliphatic heterocycles. The molecule has 0 aromatic heterocycles. The number of carbonyl (C=O) groups is 2. The van der Waals surface area contributed by atoms with E-state index >= 15 is 0 Å². The SMILES string of the molecule is CC(=O)Nc1ccccc1CNC1CCC(=O)NC1. The Labute approximate surface area is 112 Å². The Morgan fingerprint density at radius 3 is 2.89 bits per heavy atom. The minimum absolute atomic E-state index is 0.0719. The average molecular weight is 261 g/mol. The molecule has 1 fully saturated rings. The van der Waals surface area contributed by atoms with E-state index in [1.807, 2.05) is 24.3 Å². The number of para-hydroxylation sites is 1. The third-order valence-electron chi connectivity index (χ3n) is 3.17. The Balaban J connectivity index is 1.91. The predicted octanol–water partition coefficient (Wildman–Crippen LogP) is 1.01. The normalized spacial score (nSPS) is 18.8. The molecule has 1 heterocycles. The van der Waals surface area contributed by atoms with Gasteiger partial charge in [-0.05, 0) is 18.1 Å². The quantitative estimate of drug-likeness (QED) is 0.757. The molecule has 2 amide bonds. The molecule has 0 bridgehead atoms. The highest BCUT2D eigenvalue weighted by Gasteiger charge is 2.17. The van der Waals surface area contributed by atoms with Crippen LogP contribution in [0, 0.1) is 0 Å². The lowest BCUT2D eigenvalue weighted by molar-refractivity contribution is -0.122. The van der Waals surface area contributed by atoms with Crippen LogP contribution in [-0.4, -0.2) is 24.4 Å². The number of nitrogens with one attached hydrogen (secondary N) is 3. The van der Waals surface area contributed by atoms with E-state index < -0.39 is 0 Å². The summed E-state index contributed by atoms with van der Waals surface area (Å²) in [5, 5.41) is 9.07. The van der Waals surface area contributed by atoms with Crippen LogP contribution in [0.15, 0.2) is 24.3 Å². The molecule has 1 unspecified atom stereocenters. The van der Waals surface area contributed by atoms with Crippen molar-refractivity contribution in [2.75, 3.05) is 11.9 Å². The predicted molar refractivity (Wildman–Crippen MR) is 73.6 cm³/mol. The molecule has 3 N–H and O–H groups in total. The molecule has 0 saturated carbocycles. The maximum atomic E-state index is 11.1. The molecule has 5 nitrogen and oxygen atoms in total. The summed E-state index contributed by atoms with van der Waals surface area (Å²) in [6.45, 7) is 2.85. The van der Waals surface area contributed by atoms with Crippen LogP contribution in [0.3, 0.4) is 0 Å². The second-order valence-corrected chi connectivity index (χ2v) is 4.76. The van der Waals surface area contributed by atoms with Gasteiger partial charge in [0.25, 0.3) is 0 Å². The van der Waals surface area contributed by atoms with Crippen molar-refractivity contribution < 1.29 is 9.59 Å². The van der Waals surface area contributed by atoms with Crippen molar-refractivity contribution in [1.82, 2.24) is 10.6 Å². The van der Waals surface area contributed by atoms with Crippen molar-refractivity contribution in [3.05, 3.63) is 29.8 Å². The first-order valence-corrected chi connectivity index (χ1v) is 6.50. The van der Waals surface area contributed by atoms with Gasteiger partial charge in [-0.2, -0.15) is 0 Å². The number of piperidine rings is 1. The largest absolute Gasteiger partial charge is 0.355 e. The minimum Gasteiger partial charge on any atom is -0.355 e. The Kier molecular flexibility index (Phi) is 4.52. The molecular formula is C14H19N3O2. The summed E-state index contributed by atoms with van der Waals surface area (Å²) in [5.74, 6) is 0.0501. The highest BCUT2D eigenvalue weighted by atomic mass is 16.2. The molecule has 1 saturated heterocycles.